The van der Waals surface area contributed by atoms with E-state index in [4.69, 9.17) is 18.9 Å². The largest absolute Gasteiger partial charge is 0.494 e. The van der Waals surface area contributed by atoms with Gasteiger partial charge in [-0.05, 0) is 31.4 Å². The molecule has 3 aromatic rings. The Labute approximate surface area is 225 Å². The van der Waals surface area contributed by atoms with Gasteiger partial charge in [-0.25, -0.2) is 22.8 Å². The molecule has 0 spiro atoms. The zero-order chi connectivity index (χ0) is 27.6. The van der Waals surface area contributed by atoms with Gasteiger partial charge in [0.25, 0.3) is 0 Å². The topological polar surface area (TPSA) is 143 Å². The number of nitrogens with one attached hydrogen (secondary N) is 1. The molecule has 2 aliphatic heterocycles. The number of nitrogens with zero attached hydrogens (tertiary/aromatic N) is 6. The van der Waals surface area contributed by atoms with Crippen molar-refractivity contribution in [2.24, 2.45) is 0 Å². The van der Waals surface area contributed by atoms with Gasteiger partial charge >= 0.3 is 0 Å². The molecular weight excluding hydrogens is 533 g/mol. The van der Waals surface area contributed by atoms with Crippen LogP contribution in [0.1, 0.15) is 31.2 Å². The van der Waals surface area contributed by atoms with Crippen molar-refractivity contribution in [2.45, 2.75) is 36.7 Å². The number of para-hydroxylation sites is 1. The Balaban J connectivity index is 1.52. The SMILES string of the molecule is COc1cccc(OC)c1-n1c(NS(=O)(=O)C2CC(OC)CN(c3ncc(F)cn3)C2)nnc1[C@@H]1CCCO1. The number of sulfonamides is 1. The van der Waals surface area contributed by atoms with E-state index in [2.05, 4.69) is 24.9 Å². The number of hydrogen-bond acceptors (Lipinski definition) is 11. The Bertz CT molecular complexity index is 1380. The van der Waals surface area contributed by atoms with E-state index in [1.807, 2.05) is 0 Å². The summed E-state index contributed by atoms with van der Waals surface area (Å²) in [6.45, 7) is 0.973. The summed E-state index contributed by atoms with van der Waals surface area (Å²) < 4.78 is 67.8. The molecule has 4 heterocycles. The van der Waals surface area contributed by atoms with Gasteiger partial charge in [0.15, 0.2) is 11.6 Å². The highest BCUT2D eigenvalue weighted by Gasteiger charge is 2.38. The van der Waals surface area contributed by atoms with Crippen molar-refractivity contribution in [3.05, 3.63) is 42.2 Å². The maximum absolute atomic E-state index is 13.8. The van der Waals surface area contributed by atoms with Gasteiger partial charge in [0, 0.05) is 26.8 Å². The number of methoxy groups -OCH3 is 3. The molecule has 1 N–H and O–H groups in total. The fraction of sp³-hybridized carbons (Fsp3) is 0.500. The average Bonchev–Trinajstić information content (AvgIpc) is 3.62. The minimum Gasteiger partial charge on any atom is -0.494 e. The predicted molar refractivity (Wildman–Crippen MR) is 138 cm³/mol. The monoisotopic (exact) mass is 563 g/mol. The molecule has 0 aliphatic carbocycles. The Hall–Kier alpha value is -3.56. The molecule has 0 saturated carbocycles. The van der Waals surface area contributed by atoms with Crippen molar-refractivity contribution in [3.8, 4) is 17.2 Å². The van der Waals surface area contributed by atoms with Gasteiger partial charge < -0.3 is 23.8 Å². The lowest BCUT2D eigenvalue weighted by Crippen LogP contribution is -2.51. The lowest BCUT2D eigenvalue weighted by atomic mass is 10.1. The third-order valence-electron chi connectivity index (χ3n) is 6.80. The summed E-state index contributed by atoms with van der Waals surface area (Å²) in [4.78, 5) is 9.68. The number of rotatable bonds is 9. The molecule has 0 bridgehead atoms. The molecule has 0 radical (unpaired) electrons. The van der Waals surface area contributed by atoms with Crippen molar-refractivity contribution in [1.29, 1.82) is 0 Å². The van der Waals surface area contributed by atoms with Crippen LogP contribution < -0.4 is 19.1 Å². The quantitative estimate of drug-likeness (QED) is 0.409. The highest BCUT2D eigenvalue weighted by molar-refractivity contribution is 7.93. The summed E-state index contributed by atoms with van der Waals surface area (Å²) >= 11 is 0. The summed E-state index contributed by atoms with van der Waals surface area (Å²) in [7, 11) is 0.476. The second-order valence-electron chi connectivity index (χ2n) is 9.20. The van der Waals surface area contributed by atoms with Crippen LogP contribution in [-0.4, -0.2) is 85.5 Å². The van der Waals surface area contributed by atoms with E-state index < -0.39 is 27.2 Å². The zero-order valence-corrected chi connectivity index (χ0v) is 22.6. The first kappa shape index (κ1) is 27.0. The van der Waals surface area contributed by atoms with Crippen molar-refractivity contribution in [2.75, 3.05) is 50.6 Å². The molecule has 2 aromatic heterocycles. The maximum atomic E-state index is 13.8. The van der Waals surface area contributed by atoms with E-state index in [0.717, 1.165) is 18.8 Å². The van der Waals surface area contributed by atoms with Crippen LogP contribution in [0.2, 0.25) is 0 Å². The van der Waals surface area contributed by atoms with E-state index >= 15 is 0 Å². The van der Waals surface area contributed by atoms with Crippen molar-refractivity contribution >= 4 is 21.9 Å². The molecule has 39 heavy (non-hydrogen) atoms. The van der Waals surface area contributed by atoms with E-state index in [9.17, 15) is 12.8 Å². The van der Waals surface area contributed by atoms with E-state index in [1.165, 1.54) is 21.3 Å². The summed E-state index contributed by atoms with van der Waals surface area (Å²) in [5.74, 6) is 0.885. The number of aromatic nitrogens is 5. The minimum atomic E-state index is -4.06. The van der Waals surface area contributed by atoms with Crippen LogP contribution in [0.25, 0.3) is 5.69 Å². The summed E-state index contributed by atoms with van der Waals surface area (Å²) in [6.07, 6.45) is 3.02. The van der Waals surface area contributed by atoms with Gasteiger partial charge in [-0.3, -0.25) is 9.29 Å². The van der Waals surface area contributed by atoms with E-state index in [0.29, 0.717) is 42.6 Å². The van der Waals surface area contributed by atoms with Gasteiger partial charge in [-0.2, -0.15) is 0 Å². The molecule has 2 unspecified atom stereocenters. The van der Waals surface area contributed by atoms with Crippen LogP contribution in [0.15, 0.2) is 30.6 Å². The molecule has 1 aromatic carbocycles. The number of piperidine rings is 1. The maximum Gasteiger partial charge on any atom is 0.243 e. The highest BCUT2D eigenvalue weighted by Crippen LogP contribution is 2.39. The van der Waals surface area contributed by atoms with Crippen molar-refractivity contribution in [1.82, 2.24) is 24.7 Å². The molecule has 5 rings (SSSR count). The number of benzene rings is 1. The van der Waals surface area contributed by atoms with Crippen molar-refractivity contribution < 1.29 is 31.8 Å². The lowest BCUT2D eigenvalue weighted by Gasteiger charge is -2.36. The third-order valence-corrected chi connectivity index (χ3v) is 8.49. The summed E-state index contributed by atoms with van der Waals surface area (Å²) in [6, 6.07) is 5.24. The van der Waals surface area contributed by atoms with Crippen LogP contribution in [0.4, 0.5) is 16.3 Å². The highest BCUT2D eigenvalue weighted by atomic mass is 32.2. The first-order valence-electron chi connectivity index (χ1n) is 12.4. The fourth-order valence-corrected chi connectivity index (χ4v) is 6.27. The van der Waals surface area contributed by atoms with Crippen LogP contribution >= 0.6 is 0 Å². The Morgan fingerprint density at radius 2 is 1.79 bits per heavy atom. The number of anilines is 2. The smallest absolute Gasteiger partial charge is 0.243 e. The minimum absolute atomic E-state index is 0.0348. The fourth-order valence-electron chi connectivity index (χ4n) is 4.87. The first-order chi connectivity index (χ1) is 18.8. The second kappa shape index (κ2) is 11.3. The molecule has 2 fully saturated rings. The lowest BCUT2D eigenvalue weighted by molar-refractivity contribution is 0.0898. The first-order valence-corrected chi connectivity index (χ1v) is 13.9. The van der Waals surface area contributed by atoms with Gasteiger partial charge in [0.1, 0.15) is 28.5 Å². The molecule has 0 amide bonds. The summed E-state index contributed by atoms with van der Waals surface area (Å²) in [5, 5.41) is 7.60. The average molecular weight is 564 g/mol. The third kappa shape index (κ3) is 5.46. The number of ether oxygens (including phenoxy) is 4. The van der Waals surface area contributed by atoms with E-state index in [-0.39, 0.29) is 31.0 Å². The van der Waals surface area contributed by atoms with E-state index in [1.54, 1.807) is 27.7 Å². The molecule has 210 valence electrons. The normalized spacial score (nSPS) is 21.6. The van der Waals surface area contributed by atoms with Crippen molar-refractivity contribution in [3.63, 3.8) is 0 Å². The Morgan fingerprint density at radius 1 is 1.08 bits per heavy atom. The van der Waals surface area contributed by atoms with Crippen LogP contribution in [0.5, 0.6) is 11.5 Å². The molecule has 2 saturated heterocycles. The Morgan fingerprint density at radius 3 is 2.41 bits per heavy atom. The molecule has 2 aliphatic rings. The summed E-state index contributed by atoms with van der Waals surface area (Å²) in [5.41, 5.74) is 0.440. The molecular formula is C24H30FN7O6S. The molecule has 13 nitrogen and oxygen atoms in total. The second-order valence-corrected chi connectivity index (χ2v) is 11.2. The predicted octanol–water partition coefficient (Wildman–Crippen LogP) is 2.10. The van der Waals surface area contributed by atoms with Gasteiger partial charge in [-0.15, -0.1) is 10.2 Å². The number of hydrogen-bond donors (Lipinski definition) is 1. The Kier molecular flexibility index (Phi) is 7.81. The van der Waals surface area contributed by atoms with Gasteiger partial charge in [0.05, 0.1) is 32.7 Å². The standard InChI is InChI=1S/C24H30FN7O6S/c1-35-16-10-17(14-31(13-16)23-26-11-15(25)12-27-23)39(33,34)30-24-29-28-22(20-8-5-9-38-20)32(24)21-18(36-2)6-4-7-19(21)37-3/h4,6-7,11-12,16-17,20H,5,8-10,13-14H2,1-3H3,(H,29,30)/t16?,17?,20-/m0/s1. The van der Waals surface area contributed by atoms with Crippen LogP contribution in [0.3, 0.4) is 0 Å². The molecule has 15 heteroatoms. The van der Waals surface area contributed by atoms with Crippen LogP contribution in [0, 0.1) is 5.82 Å². The van der Waals surface area contributed by atoms with Gasteiger partial charge in [0.2, 0.25) is 21.9 Å². The van der Waals surface area contributed by atoms with Gasteiger partial charge in [-0.1, -0.05) is 6.07 Å². The van der Waals surface area contributed by atoms with Crippen LogP contribution in [-0.2, 0) is 19.5 Å². The number of halogens is 1. The zero-order valence-electron chi connectivity index (χ0n) is 21.8. The molecule has 3 atom stereocenters.